The maximum atomic E-state index is 10.4. The van der Waals surface area contributed by atoms with Crippen LogP contribution in [0.5, 0.6) is 5.75 Å². The maximum absolute atomic E-state index is 10.4. The van der Waals surface area contributed by atoms with Crippen LogP contribution < -0.4 is 0 Å². The Morgan fingerprint density at radius 1 is 1.38 bits per heavy atom. The van der Waals surface area contributed by atoms with E-state index in [2.05, 4.69) is 0 Å². The second-order valence-electron chi connectivity index (χ2n) is 2.61. The number of hydrogen-bond donors (Lipinski definition) is 1. The highest BCUT2D eigenvalue weighted by Gasteiger charge is 2.07. The standard InChI is InChI=1S/C9H5ClO3/c10-8-3-6(12)1-5-2-7(4-11)13-9(5)8/h1-4,12H. The van der Waals surface area contributed by atoms with E-state index in [1.54, 1.807) is 0 Å². The van der Waals surface area contributed by atoms with Gasteiger partial charge in [-0.25, -0.2) is 0 Å². The Kier molecular flexibility index (Phi) is 1.74. The summed E-state index contributed by atoms with van der Waals surface area (Å²) in [5.41, 5.74) is 0.418. The number of fused-ring (bicyclic) bond motifs is 1. The van der Waals surface area contributed by atoms with Gasteiger partial charge in [0.15, 0.2) is 17.6 Å². The van der Waals surface area contributed by atoms with E-state index in [1.165, 1.54) is 18.2 Å². The van der Waals surface area contributed by atoms with Gasteiger partial charge in [-0.05, 0) is 12.1 Å². The molecule has 0 unspecified atom stereocenters. The Balaban J connectivity index is 2.82. The molecule has 0 saturated heterocycles. The van der Waals surface area contributed by atoms with Gasteiger partial charge in [0.2, 0.25) is 0 Å². The largest absolute Gasteiger partial charge is 0.508 e. The molecular formula is C9H5ClO3. The fourth-order valence-corrected chi connectivity index (χ4v) is 1.43. The lowest BCUT2D eigenvalue weighted by molar-refractivity contribution is 0.110. The molecule has 0 aliphatic heterocycles. The van der Waals surface area contributed by atoms with E-state index in [0.717, 1.165) is 0 Å². The van der Waals surface area contributed by atoms with Gasteiger partial charge in [-0.15, -0.1) is 0 Å². The van der Waals surface area contributed by atoms with Crippen molar-refractivity contribution in [1.82, 2.24) is 0 Å². The molecule has 0 saturated carbocycles. The van der Waals surface area contributed by atoms with Gasteiger partial charge in [-0.2, -0.15) is 0 Å². The van der Waals surface area contributed by atoms with Crippen LogP contribution in [0.25, 0.3) is 11.0 Å². The predicted molar refractivity (Wildman–Crippen MR) is 48.3 cm³/mol. The third-order valence-electron chi connectivity index (χ3n) is 1.69. The van der Waals surface area contributed by atoms with Crippen LogP contribution in [0.4, 0.5) is 0 Å². The molecule has 0 spiro atoms. The minimum absolute atomic E-state index is 0.0516. The SMILES string of the molecule is O=Cc1cc2cc(O)cc(Cl)c2o1. The first-order valence-corrected chi connectivity index (χ1v) is 3.96. The summed E-state index contributed by atoms with van der Waals surface area (Å²) in [6, 6.07) is 4.37. The van der Waals surface area contributed by atoms with Gasteiger partial charge in [-0.1, -0.05) is 11.6 Å². The molecule has 1 aromatic heterocycles. The molecule has 3 nitrogen and oxygen atoms in total. The highest BCUT2D eigenvalue weighted by molar-refractivity contribution is 6.35. The first kappa shape index (κ1) is 8.13. The van der Waals surface area contributed by atoms with E-state index in [9.17, 15) is 9.90 Å². The monoisotopic (exact) mass is 196 g/mol. The second-order valence-corrected chi connectivity index (χ2v) is 3.02. The van der Waals surface area contributed by atoms with E-state index in [0.29, 0.717) is 22.3 Å². The Hall–Kier alpha value is -1.48. The average Bonchev–Trinajstić information content (AvgIpc) is 2.47. The summed E-state index contributed by atoms with van der Waals surface area (Å²) in [7, 11) is 0. The minimum atomic E-state index is 0.0516. The molecule has 0 aliphatic rings. The third-order valence-corrected chi connectivity index (χ3v) is 1.97. The quantitative estimate of drug-likeness (QED) is 0.714. The number of benzene rings is 1. The lowest BCUT2D eigenvalue weighted by Gasteiger charge is -1.93. The van der Waals surface area contributed by atoms with Crippen molar-refractivity contribution in [2.75, 3.05) is 0 Å². The topological polar surface area (TPSA) is 50.4 Å². The molecule has 1 N–H and O–H groups in total. The van der Waals surface area contributed by atoms with Crippen LogP contribution in [0.3, 0.4) is 0 Å². The maximum Gasteiger partial charge on any atom is 0.185 e. The molecule has 2 rings (SSSR count). The molecule has 0 amide bonds. The van der Waals surface area contributed by atoms with Crippen molar-refractivity contribution in [1.29, 1.82) is 0 Å². The van der Waals surface area contributed by atoms with Crippen molar-refractivity contribution in [2.24, 2.45) is 0 Å². The number of carbonyl (C=O) groups excluding carboxylic acids is 1. The minimum Gasteiger partial charge on any atom is -0.508 e. The van der Waals surface area contributed by atoms with Gasteiger partial charge < -0.3 is 9.52 Å². The summed E-state index contributed by atoms with van der Waals surface area (Å²) in [6.07, 6.45) is 0.591. The van der Waals surface area contributed by atoms with E-state index in [4.69, 9.17) is 16.0 Å². The number of aldehydes is 1. The zero-order valence-electron chi connectivity index (χ0n) is 6.45. The highest BCUT2D eigenvalue weighted by Crippen LogP contribution is 2.30. The Bertz CT molecular complexity index is 473. The molecule has 2 aromatic rings. The number of hydrogen-bond acceptors (Lipinski definition) is 3. The second kappa shape index (κ2) is 2.78. The zero-order chi connectivity index (χ0) is 9.42. The molecule has 0 aliphatic carbocycles. The Morgan fingerprint density at radius 3 is 2.85 bits per heavy atom. The van der Waals surface area contributed by atoms with E-state index in [1.807, 2.05) is 0 Å². The van der Waals surface area contributed by atoms with Crippen molar-refractivity contribution in [3.8, 4) is 5.75 Å². The number of halogens is 1. The lowest BCUT2D eigenvalue weighted by atomic mass is 10.2. The molecule has 4 heteroatoms. The molecule has 0 fully saturated rings. The molecule has 0 atom stereocenters. The molecular weight excluding hydrogens is 192 g/mol. The molecule has 0 radical (unpaired) electrons. The zero-order valence-corrected chi connectivity index (χ0v) is 7.21. The number of phenolic OH excluding ortho intramolecular Hbond substituents is 1. The summed E-state index contributed by atoms with van der Waals surface area (Å²) in [6.45, 7) is 0. The first-order valence-electron chi connectivity index (χ1n) is 3.58. The normalized spacial score (nSPS) is 10.5. The van der Waals surface area contributed by atoms with E-state index in [-0.39, 0.29) is 11.5 Å². The summed E-state index contributed by atoms with van der Waals surface area (Å²) >= 11 is 5.76. The summed E-state index contributed by atoms with van der Waals surface area (Å²) in [5, 5.41) is 10.1. The van der Waals surface area contributed by atoms with Crippen molar-refractivity contribution in [2.45, 2.75) is 0 Å². The van der Waals surface area contributed by atoms with Gasteiger partial charge in [0.25, 0.3) is 0 Å². The number of furan rings is 1. The van der Waals surface area contributed by atoms with Crippen molar-refractivity contribution in [3.63, 3.8) is 0 Å². The van der Waals surface area contributed by atoms with Gasteiger partial charge in [0.05, 0.1) is 5.02 Å². The van der Waals surface area contributed by atoms with Gasteiger partial charge in [0.1, 0.15) is 5.75 Å². The fourth-order valence-electron chi connectivity index (χ4n) is 1.17. The van der Waals surface area contributed by atoms with Crippen LogP contribution in [0.2, 0.25) is 5.02 Å². The van der Waals surface area contributed by atoms with E-state index < -0.39 is 0 Å². The number of carbonyl (C=O) groups is 1. The van der Waals surface area contributed by atoms with E-state index >= 15 is 0 Å². The average molecular weight is 197 g/mol. The summed E-state index contributed by atoms with van der Waals surface area (Å²) in [4.78, 5) is 10.4. The Morgan fingerprint density at radius 2 is 2.15 bits per heavy atom. The number of phenols is 1. The van der Waals surface area contributed by atoms with Crippen LogP contribution in [0.15, 0.2) is 22.6 Å². The van der Waals surface area contributed by atoms with Crippen LogP contribution >= 0.6 is 11.6 Å². The Labute approximate surface area is 78.5 Å². The third kappa shape index (κ3) is 1.27. The fraction of sp³-hybridized carbons (Fsp3) is 0. The van der Waals surface area contributed by atoms with Gasteiger partial charge >= 0.3 is 0 Å². The lowest BCUT2D eigenvalue weighted by Crippen LogP contribution is -1.67. The molecule has 1 heterocycles. The smallest absolute Gasteiger partial charge is 0.185 e. The van der Waals surface area contributed by atoms with Crippen molar-refractivity contribution >= 4 is 28.9 Å². The van der Waals surface area contributed by atoms with Crippen molar-refractivity contribution in [3.05, 3.63) is 29.0 Å². The molecule has 1 aromatic carbocycles. The molecule has 66 valence electrons. The summed E-state index contributed by atoms with van der Waals surface area (Å²) < 4.78 is 5.09. The molecule has 0 bridgehead atoms. The van der Waals surface area contributed by atoms with Crippen LogP contribution in [-0.4, -0.2) is 11.4 Å². The van der Waals surface area contributed by atoms with Gasteiger partial charge in [-0.3, -0.25) is 4.79 Å². The van der Waals surface area contributed by atoms with Crippen LogP contribution in [0, 0.1) is 0 Å². The predicted octanol–water partition coefficient (Wildman–Crippen LogP) is 2.60. The van der Waals surface area contributed by atoms with Crippen LogP contribution in [0.1, 0.15) is 10.6 Å². The highest BCUT2D eigenvalue weighted by atomic mass is 35.5. The van der Waals surface area contributed by atoms with Crippen LogP contribution in [-0.2, 0) is 0 Å². The van der Waals surface area contributed by atoms with Gasteiger partial charge in [0, 0.05) is 11.5 Å². The number of rotatable bonds is 1. The first-order chi connectivity index (χ1) is 6.20. The number of aromatic hydroxyl groups is 1. The molecule has 13 heavy (non-hydrogen) atoms. The summed E-state index contributed by atoms with van der Waals surface area (Å²) in [5.74, 6) is 0.248. The van der Waals surface area contributed by atoms with Crippen molar-refractivity contribution < 1.29 is 14.3 Å².